The molecule has 5 heteroatoms. The van der Waals surface area contributed by atoms with Crippen molar-refractivity contribution in [3.63, 3.8) is 0 Å². The Labute approximate surface area is 189 Å². The minimum Gasteiger partial charge on any atom is -0.492 e. The van der Waals surface area contributed by atoms with E-state index in [4.69, 9.17) is 16.3 Å². The summed E-state index contributed by atoms with van der Waals surface area (Å²) in [6.45, 7) is 5.78. The number of halogens is 1. The average Bonchev–Trinajstić information content (AvgIpc) is 3.29. The van der Waals surface area contributed by atoms with Gasteiger partial charge in [-0.15, -0.1) is 0 Å². The van der Waals surface area contributed by atoms with Gasteiger partial charge in [0.2, 0.25) is 0 Å². The lowest BCUT2D eigenvalue weighted by Crippen LogP contribution is -2.32. The molecule has 1 aromatic heterocycles. The molecule has 1 saturated heterocycles. The van der Waals surface area contributed by atoms with Crippen molar-refractivity contribution in [1.82, 2.24) is 9.88 Å². The fourth-order valence-corrected chi connectivity index (χ4v) is 4.74. The maximum absolute atomic E-state index is 11.7. The van der Waals surface area contributed by atoms with Gasteiger partial charge in [-0.1, -0.05) is 48.0 Å². The van der Waals surface area contributed by atoms with Crippen molar-refractivity contribution in [2.75, 3.05) is 26.2 Å². The number of pyridine rings is 1. The number of aliphatic hydroxyl groups is 1. The Bertz CT molecular complexity index is 970. The maximum Gasteiger partial charge on any atom is 0.119 e. The zero-order valence-electron chi connectivity index (χ0n) is 17.9. The van der Waals surface area contributed by atoms with Gasteiger partial charge in [0.25, 0.3) is 0 Å². The molecule has 0 aliphatic carbocycles. The molecular weight excluding hydrogens is 408 g/mol. The molecular formula is C26H29ClN2O2. The smallest absolute Gasteiger partial charge is 0.119 e. The van der Waals surface area contributed by atoms with Gasteiger partial charge in [-0.05, 0) is 68.8 Å². The molecule has 4 rings (SSSR count). The molecule has 0 amide bonds. The van der Waals surface area contributed by atoms with E-state index in [1.54, 1.807) is 19.2 Å². The molecule has 0 bridgehead atoms. The molecule has 1 aliphatic rings. The molecule has 3 aromatic rings. The Morgan fingerprint density at radius 3 is 2.42 bits per heavy atom. The van der Waals surface area contributed by atoms with Crippen LogP contribution in [0.2, 0.25) is 5.02 Å². The summed E-state index contributed by atoms with van der Waals surface area (Å²) < 4.78 is 5.96. The van der Waals surface area contributed by atoms with Crippen molar-refractivity contribution in [3.8, 4) is 5.75 Å². The van der Waals surface area contributed by atoms with Crippen molar-refractivity contribution in [3.05, 3.63) is 94.8 Å². The van der Waals surface area contributed by atoms with Crippen LogP contribution in [0.1, 0.15) is 42.5 Å². The Kier molecular flexibility index (Phi) is 6.91. The predicted octanol–water partition coefficient (Wildman–Crippen LogP) is 5.25. The number of aromatic nitrogens is 1. The molecule has 4 nitrogen and oxygen atoms in total. The first-order valence-corrected chi connectivity index (χ1v) is 11.3. The van der Waals surface area contributed by atoms with E-state index >= 15 is 0 Å². The first-order chi connectivity index (χ1) is 15.1. The highest BCUT2D eigenvalue weighted by Gasteiger charge is 2.38. The van der Waals surface area contributed by atoms with Gasteiger partial charge in [-0.25, -0.2) is 0 Å². The summed E-state index contributed by atoms with van der Waals surface area (Å²) in [6, 6.07) is 21.1. The Hall–Kier alpha value is -2.40. The lowest BCUT2D eigenvalue weighted by Gasteiger charge is -2.34. The minimum absolute atomic E-state index is 0.382. The molecule has 0 saturated carbocycles. The molecule has 0 spiro atoms. The monoisotopic (exact) mass is 436 g/mol. The van der Waals surface area contributed by atoms with E-state index in [0.717, 1.165) is 23.6 Å². The number of hydrogen-bond donors (Lipinski definition) is 1. The van der Waals surface area contributed by atoms with Gasteiger partial charge in [0.1, 0.15) is 18.0 Å². The SMILES string of the molecule is C[C@](O)(c1ccccc1Cl)[C@H](c1ccc(OCCN2CCCC2)cc1)c1ccccn1. The lowest BCUT2D eigenvalue weighted by molar-refractivity contribution is 0.0381. The largest absolute Gasteiger partial charge is 0.492 e. The second kappa shape index (κ2) is 9.82. The molecule has 1 N–H and O–H groups in total. The number of benzene rings is 2. The molecule has 1 aliphatic heterocycles. The minimum atomic E-state index is -1.25. The second-order valence-corrected chi connectivity index (χ2v) is 8.69. The molecule has 31 heavy (non-hydrogen) atoms. The first-order valence-electron chi connectivity index (χ1n) is 10.9. The summed E-state index contributed by atoms with van der Waals surface area (Å²) >= 11 is 6.46. The van der Waals surface area contributed by atoms with Gasteiger partial charge in [-0.3, -0.25) is 9.88 Å². The highest BCUT2D eigenvalue weighted by Crippen LogP contribution is 2.43. The normalized spacial score (nSPS) is 17.3. The highest BCUT2D eigenvalue weighted by atomic mass is 35.5. The third kappa shape index (κ3) is 5.09. The topological polar surface area (TPSA) is 45.6 Å². The van der Waals surface area contributed by atoms with Gasteiger partial charge in [0.15, 0.2) is 0 Å². The zero-order chi connectivity index (χ0) is 21.7. The highest BCUT2D eigenvalue weighted by molar-refractivity contribution is 6.31. The van der Waals surface area contributed by atoms with Gasteiger partial charge < -0.3 is 9.84 Å². The molecule has 0 unspecified atom stereocenters. The number of rotatable bonds is 8. The maximum atomic E-state index is 11.7. The second-order valence-electron chi connectivity index (χ2n) is 8.28. The summed E-state index contributed by atoms with van der Waals surface area (Å²) in [5, 5.41) is 12.2. The van der Waals surface area contributed by atoms with E-state index < -0.39 is 5.60 Å². The number of hydrogen-bond acceptors (Lipinski definition) is 4. The van der Waals surface area contributed by atoms with Crippen LogP contribution in [0.25, 0.3) is 0 Å². The molecule has 2 heterocycles. The summed E-state index contributed by atoms with van der Waals surface area (Å²) in [6.07, 6.45) is 4.32. The molecule has 0 radical (unpaired) electrons. The van der Waals surface area contributed by atoms with Crippen molar-refractivity contribution in [2.45, 2.75) is 31.3 Å². The summed E-state index contributed by atoms with van der Waals surface area (Å²) in [4.78, 5) is 6.99. The number of likely N-dealkylation sites (tertiary alicyclic amines) is 1. The van der Waals surface area contributed by atoms with Gasteiger partial charge in [0, 0.05) is 23.3 Å². The third-order valence-electron chi connectivity index (χ3n) is 6.05. The van der Waals surface area contributed by atoms with Crippen LogP contribution in [0.3, 0.4) is 0 Å². The van der Waals surface area contributed by atoms with E-state index in [-0.39, 0.29) is 5.92 Å². The van der Waals surface area contributed by atoms with E-state index in [9.17, 15) is 5.11 Å². The van der Waals surface area contributed by atoms with Gasteiger partial charge >= 0.3 is 0 Å². The summed E-state index contributed by atoms with van der Waals surface area (Å²) in [5.41, 5.74) is 1.18. The fraction of sp³-hybridized carbons (Fsp3) is 0.346. The van der Waals surface area contributed by atoms with Crippen LogP contribution in [-0.2, 0) is 5.60 Å². The first kappa shape index (κ1) is 21.8. The van der Waals surface area contributed by atoms with Crippen LogP contribution in [0, 0.1) is 0 Å². The van der Waals surface area contributed by atoms with E-state index in [1.165, 1.54) is 25.9 Å². The van der Waals surface area contributed by atoms with Crippen LogP contribution in [-0.4, -0.2) is 41.2 Å². The van der Waals surface area contributed by atoms with Crippen LogP contribution in [0.5, 0.6) is 5.75 Å². The standard InChI is InChI=1S/C26H29ClN2O2/c1-26(30,22-8-2-3-9-23(22)27)25(24-10-4-5-15-28-24)20-11-13-21(14-12-20)31-19-18-29-16-6-7-17-29/h2-5,8-15,25,30H,6-7,16-19H2,1H3/t25-,26+/m1/s1. The van der Waals surface area contributed by atoms with Gasteiger partial charge in [0.05, 0.1) is 11.6 Å². The van der Waals surface area contributed by atoms with Gasteiger partial charge in [-0.2, -0.15) is 0 Å². The molecule has 162 valence electrons. The summed E-state index contributed by atoms with van der Waals surface area (Å²) in [5.74, 6) is 0.451. The van der Waals surface area contributed by atoms with E-state index in [1.807, 2.05) is 60.7 Å². The Balaban J connectivity index is 1.58. The van der Waals surface area contributed by atoms with Crippen LogP contribution < -0.4 is 4.74 Å². The molecule has 1 fully saturated rings. The van der Waals surface area contributed by atoms with E-state index in [0.29, 0.717) is 17.2 Å². The average molecular weight is 437 g/mol. The zero-order valence-corrected chi connectivity index (χ0v) is 18.6. The van der Waals surface area contributed by atoms with Crippen LogP contribution in [0.15, 0.2) is 72.9 Å². The quantitative estimate of drug-likeness (QED) is 0.523. The van der Waals surface area contributed by atoms with Crippen molar-refractivity contribution in [1.29, 1.82) is 0 Å². The molecule has 2 atom stereocenters. The van der Waals surface area contributed by atoms with Crippen LogP contribution >= 0.6 is 11.6 Å². The number of nitrogens with zero attached hydrogens (tertiary/aromatic N) is 2. The fourth-order valence-electron chi connectivity index (χ4n) is 4.41. The van der Waals surface area contributed by atoms with Crippen molar-refractivity contribution >= 4 is 11.6 Å². The predicted molar refractivity (Wildman–Crippen MR) is 125 cm³/mol. The van der Waals surface area contributed by atoms with Crippen LogP contribution in [0.4, 0.5) is 0 Å². The lowest BCUT2D eigenvalue weighted by atomic mass is 9.76. The third-order valence-corrected chi connectivity index (χ3v) is 6.38. The van der Waals surface area contributed by atoms with E-state index in [2.05, 4.69) is 9.88 Å². The molecule has 2 aromatic carbocycles. The van der Waals surface area contributed by atoms with Crippen molar-refractivity contribution in [2.24, 2.45) is 0 Å². The number of ether oxygens (including phenoxy) is 1. The van der Waals surface area contributed by atoms with Crippen molar-refractivity contribution < 1.29 is 9.84 Å². The Morgan fingerprint density at radius 1 is 1.03 bits per heavy atom. The Morgan fingerprint density at radius 2 is 1.74 bits per heavy atom. The summed E-state index contributed by atoms with van der Waals surface area (Å²) in [7, 11) is 0.